The summed E-state index contributed by atoms with van der Waals surface area (Å²) >= 11 is 0. The second kappa shape index (κ2) is 6.36. The monoisotopic (exact) mass is 277 g/mol. The third kappa shape index (κ3) is 3.46. The van der Waals surface area contributed by atoms with Crippen LogP contribution in [0.25, 0.3) is 0 Å². The molecule has 1 aromatic carbocycles. The summed E-state index contributed by atoms with van der Waals surface area (Å²) in [5, 5.41) is 13.7. The molecule has 1 amide bonds. The Morgan fingerprint density at radius 3 is 2.65 bits per heavy atom. The maximum absolute atomic E-state index is 12.0. The van der Waals surface area contributed by atoms with E-state index in [1.165, 1.54) is 18.6 Å². The highest BCUT2D eigenvalue weighted by Gasteiger charge is 2.16. The number of amides is 1. The number of nitrogens with one attached hydrogen (secondary N) is 1. The Labute approximate surface area is 117 Å². The molecule has 0 atom stereocenters. The van der Waals surface area contributed by atoms with Crippen LogP contribution in [0, 0.1) is 17.0 Å². The minimum atomic E-state index is -0.421. The van der Waals surface area contributed by atoms with Crippen LogP contribution in [0.15, 0.2) is 18.2 Å². The van der Waals surface area contributed by atoms with E-state index < -0.39 is 4.92 Å². The van der Waals surface area contributed by atoms with Crippen LogP contribution in [-0.4, -0.2) is 35.4 Å². The van der Waals surface area contributed by atoms with E-state index in [1.54, 1.807) is 13.0 Å². The number of non-ortho nitro benzene ring substituents is 1. The summed E-state index contributed by atoms with van der Waals surface area (Å²) in [6, 6.07) is 4.60. The van der Waals surface area contributed by atoms with Crippen molar-refractivity contribution in [1.29, 1.82) is 0 Å². The molecule has 0 bridgehead atoms. The van der Waals surface area contributed by atoms with E-state index in [-0.39, 0.29) is 18.1 Å². The van der Waals surface area contributed by atoms with Crippen molar-refractivity contribution in [3.8, 4) is 0 Å². The largest absolute Gasteiger partial charge is 0.376 e. The van der Waals surface area contributed by atoms with Crippen LogP contribution in [0.3, 0.4) is 0 Å². The number of anilines is 1. The van der Waals surface area contributed by atoms with Crippen molar-refractivity contribution in [3.05, 3.63) is 33.9 Å². The number of carbonyl (C=O) groups excluding carboxylic acids is 1. The Hall–Kier alpha value is -2.11. The number of piperidine rings is 1. The van der Waals surface area contributed by atoms with Crippen LogP contribution in [0.2, 0.25) is 0 Å². The number of nitro groups is 1. The van der Waals surface area contributed by atoms with E-state index in [9.17, 15) is 14.9 Å². The molecule has 1 aliphatic rings. The molecule has 1 aliphatic heterocycles. The van der Waals surface area contributed by atoms with Gasteiger partial charge >= 0.3 is 0 Å². The van der Waals surface area contributed by atoms with Crippen molar-refractivity contribution in [2.75, 3.05) is 25.0 Å². The molecule has 20 heavy (non-hydrogen) atoms. The zero-order chi connectivity index (χ0) is 14.5. The fourth-order valence-electron chi connectivity index (χ4n) is 2.39. The average molecular weight is 277 g/mol. The van der Waals surface area contributed by atoms with Crippen molar-refractivity contribution >= 4 is 17.3 Å². The Bertz CT molecular complexity index is 510. The van der Waals surface area contributed by atoms with Crippen LogP contribution in [0.1, 0.15) is 24.8 Å². The first kappa shape index (κ1) is 14.3. The number of nitro benzene ring substituents is 1. The smallest absolute Gasteiger partial charge is 0.269 e. The molecule has 0 unspecified atom stereocenters. The van der Waals surface area contributed by atoms with Gasteiger partial charge in [-0.05, 0) is 37.8 Å². The summed E-state index contributed by atoms with van der Waals surface area (Å²) in [4.78, 5) is 24.1. The molecular weight excluding hydrogens is 258 g/mol. The molecule has 0 spiro atoms. The highest BCUT2D eigenvalue weighted by atomic mass is 16.6. The molecule has 0 saturated carbocycles. The standard InChI is InChI=1S/C14H19N3O3/c1-11-9-12(17(19)20)5-6-13(11)15-10-14(18)16-7-3-2-4-8-16/h5-6,9,15H,2-4,7-8,10H2,1H3. The second-order valence-corrected chi connectivity index (χ2v) is 5.05. The quantitative estimate of drug-likeness (QED) is 0.677. The number of benzene rings is 1. The van der Waals surface area contributed by atoms with Crippen LogP contribution >= 0.6 is 0 Å². The molecule has 0 aromatic heterocycles. The van der Waals surface area contributed by atoms with E-state index in [2.05, 4.69) is 5.32 Å². The number of carbonyl (C=O) groups is 1. The first-order valence-electron chi connectivity index (χ1n) is 6.84. The van der Waals surface area contributed by atoms with Crippen molar-refractivity contribution in [1.82, 2.24) is 4.90 Å². The summed E-state index contributed by atoms with van der Waals surface area (Å²) < 4.78 is 0. The Balaban J connectivity index is 1.93. The topological polar surface area (TPSA) is 75.5 Å². The lowest BCUT2D eigenvalue weighted by Gasteiger charge is -2.27. The normalized spacial score (nSPS) is 14.9. The van der Waals surface area contributed by atoms with Crippen LogP contribution in [0.5, 0.6) is 0 Å². The SMILES string of the molecule is Cc1cc([N+](=O)[O-])ccc1NCC(=O)N1CCCCC1. The maximum Gasteiger partial charge on any atom is 0.269 e. The lowest BCUT2D eigenvalue weighted by molar-refractivity contribution is -0.384. The van der Waals surface area contributed by atoms with Gasteiger partial charge in [-0.2, -0.15) is 0 Å². The minimum absolute atomic E-state index is 0.0652. The van der Waals surface area contributed by atoms with Crippen LogP contribution in [0.4, 0.5) is 11.4 Å². The number of nitrogens with zero attached hydrogens (tertiary/aromatic N) is 2. The van der Waals surface area contributed by atoms with Crippen molar-refractivity contribution < 1.29 is 9.72 Å². The van der Waals surface area contributed by atoms with E-state index in [0.717, 1.165) is 37.2 Å². The number of rotatable bonds is 4. The molecule has 6 heteroatoms. The zero-order valence-electron chi connectivity index (χ0n) is 11.6. The first-order valence-corrected chi connectivity index (χ1v) is 6.84. The third-order valence-electron chi connectivity index (χ3n) is 3.56. The van der Waals surface area contributed by atoms with Gasteiger partial charge in [0.15, 0.2) is 0 Å². The molecular formula is C14H19N3O3. The molecule has 1 saturated heterocycles. The molecule has 1 aromatic rings. The minimum Gasteiger partial charge on any atom is -0.376 e. The van der Waals surface area contributed by atoms with Gasteiger partial charge in [0.2, 0.25) is 5.91 Å². The van der Waals surface area contributed by atoms with Gasteiger partial charge in [0.05, 0.1) is 11.5 Å². The third-order valence-corrected chi connectivity index (χ3v) is 3.56. The molecule has 1 heterocycles. The molecule has 1 N–H and O–H groups in total. The molecule has 108 valence electrons. The zero-order valence-corrected chi connectivity index (χ0v) is 11.6. The maximum atomic E-state index is 12.0. The molecule has 1 fully saturated rings. The lowest BCUT2D eigenvalue weighted by Crippen LogP contribution is -2.39. The highest BCUT2D eigenvalue weighted by molar-refractivity contribution is 5.81. The predicted octanol–water partition coefficient (Wildman–Crippen LogP) is 2.33. The predicted molar refractivity (Wildman–Crippen MR) is 76.8 cm³/mol. The second-order valence-electron chi connectivity index (χ2n) is 5.05. The van der Waals surface area contributed by atoms with Crippen LogP contribution in [-0.2, 0) is 4.79 Å². The van der Waals surface area contributed by atoms with Gasteiger partial charge in [-0.25, -0.2) is 0 Å². The molecule has 6 nitrogen and oxygen atoms in total. The van der Waals surface area contributed by atoms with Gasteiger partial charge in [-0.3, -0.25) is 14.9 Å². The molecule has 2 rings (SSSR count). The van der Waals surface area contributed by atoms with Gasteiger partial charge in [0.1, 0.15) is 0 Å². The lowest BCUT2D eigenvalue weighted by atomic mass is 10.1. The van der Waals surface area contributed by atoms with Crippen molar-refractivity contribution in [2.45, 2.75) is 26.2 Å². The molecule has 0 radical (unpaired) electrons. The summed E-state index contributed by atoms with van der Waals surface area (Å²) in [5.41, 5.74) is 1.60. The summed E-state index contributed by atoms with van der Waals surface area (Å²) in [6.45, 7) is 3.69. The Kier molecular flexibility index (Phi) is 4.55. The summed E-state index contributed by atoms with van der Waals surface area (Å²) in [6.07, 6.45) is 3.34. The number of hydrogen-bond acceptors (Lipinski definition) is 4. The Morgan fingerprint density at radius 1 is 1.35 bits per heavy atom. The van der Waals surface area contributed by atoms with Gasteiger partial charge in [-0.15, -0.1) is 0 Å². The van der Waals surface area contributed by atoms with E-state index in [1.807, 2.05) is 4.90 Å². The van der Waals surface area contributed by atoms with E-state index in [0.29, 0.717) is 0 Å². The Morgan fingerprint density at radius 2 is 2.05 bits per heavy atom. The highest BCUT2D eigenvalue weighted by Crippen LogP contribution is 2.21. The van der Waals surface area contributed by atoms with Gasteiger partial charge in [-0.1, -0.05) is 0 Å². The molecule has 0 aliphatic carbocycles. The first-order chi connectivity index (χ1) is 9.58. The van der Waals surface area contributed by atoms with Crippen molar-refractivity contribution in [3.63, 3.8) is 0 Å². The summed E-state index contributed by atoms with van der Waals surface area (Å²) in [5.74, 6) is 0.0856. The fraction of sp³-hybridized carbons (Fsp3) is 0.500. The number of aryl methyl sites for hydroxylation is 1. The van der Waals surface area contributed by atoms with Crippen LogP contribution < -0.4 is 5.32 Å². The summed E-state index contributed by atoms with van der Waals surface area (Å²) in [7, 11) is 0. The van der Waals surface area contributed by atoms with Gasteiger partial charge in [0, 0.05) is 30.9 Å². The van der Waals surface area contributed by atoms with Gasteiger partial charge in [0.25, 0.3) is 5.69 Å². The van der Waals surface area contributed by atoms with E-state index in [4.69, 9.17) is 0 Å². The number of hydrogen-bond donors (Lipinski definition) is 1. The van der Waals surface area contributed by atoms with Crippen molar-refractivity contribution in [2.24, 2.45) is 0 Å². The fourth-order valence-corrected chi connectivity index (χ4v) is 2.39. The number of likely N-dealkylation sites (tertiary alicyclic amines) is 1. The average Bonchev–Trinajstić information content (AvgIpc) is 2.46. The van der Waals surface area contributed by atoms with E-state index >= 15 is 0 Å². The van der Waals surface area contributed by atoms with Gasteiger partial charge < -0.3 is 10.2 Å².